The highest BCUT2D eigenvalue weighted by molar-refractivity contribution is 5.29. The van der Waals surface area contributed by atoms with Gasteiger partial charge in [-0.1, -0.05) is 24.3 Å². The van der Waals surface area contributed by atoms with Crippen LogP contribution in [0.1, 0.15) is 17.5 Å². The molecule has 0 bridgehead atoms. The van der Waals surface area contributed by atoms with E-state index in [0.29, 0.717) is 12.8 Å². The van der Waals surface area contributed by atoms with Crippen molar-refractivity contribution in [3.05, 3.63) is 45.5 Å². The van der Waals surface area contributed by atoms with Crippen LogP contribution in [0.3, 0.4) is 0 Å². The van der Waals surface area contributed by atoms with E-state index < -0.39 is 0 Å². The normalized spacial score (nSPS) is 20.8. The Morgan fingerprint density at radius 1 is 1.31 bits per heavy atom. The van der Waals surface area contributed by atoms with Crippen molar-refractivity contribution in [2.45, 2.75) is 25.3 Å². The largest absolute Gasteiger partial charge is 0.264 e. The molecule has 13 heavy (non-hydrogen) atoms. The van der Waals surface area contributed by atoms with Crippen LogP contribution in [0.2, 0.25) is 0 Å². The van der Waals surface area contributed by atoms with Crippen molar-refractivity contribution in [2.75, 3.05) is 0 Å². The summed E-state index contributed by atoms with van der Waals surface area (Å²) in [5.74, 6) is 0. The Bertz CT molecular complexity index is 335. The molecule has 1 aliphatic carbocycles. The highest BCUT2D eigenvalue weighted by Crippen LogP contribution is 2.22. The first kappa shape index (κ1) is 8.23. The van der Waals surface area contributed by atoms with Gasteiger partial charge in [0.25, 0.3) is 0 Å². The molecule has 1 aliphatic rings. The van der Waals surface area contributed by atoms with Gasteiger partial charge in [-0.2, -0.15) is 0 Å². The molecule has 0 unspecified atom stereocenters. The zero-order valence-electron chi connectivity index (χ0n) is 7.27. The van der Waals surface area contributed by atoms with E-state index in [-0.39, 0.29) is 11.0 Å². The van der Waals surface area contributed by atoms with Crippen molar-refractivity contribution in [3.63, 3.8) is 0 Å². The Hall–Kier alpha value is -1.38. The highest BCUT2D eigenvalue weighted by Gasteiger charge is 2.25. The number of fused-ring (bicyclic) bond motifs is 1. The van der Waals surface area contributed by atoms with Gasteiger partial charge in [0.05, 0.1) is 0 Å². The fourth-order valence-electron chi connectivity index (χ4n) is 1.86. The van der Waals surface area contributed by atoms with Gasteiger partial charge in [0.15, 0.2) is 0 Å². The number of rotatable bonds is 1. The lowest BCUT2D eigenvalue weighted by Gasteiger charge is -2.18. The second-order valence-corrected chi connectivity index (χ2v) is 3.45. The second-order valence-electron chi connectivity index (χ2n) is 3.45. The third-order valence-corrected chi connectivity index (χ3v) is 2.62. The van der Waals surface area contributed by atoms with Crippen LogP contribution in [0, 0.1) is 10.1 Å². The fourth-order valence-corrected chi connectivity index (χ4v) is 1.86. The van der Waals surface area contributed by atoms with E-state index in [4.69, 9.17) is 0 Å². The SMILES string of the molecule is O=[N+]([O-])[C@H]1CCc2ccccc2C1. The first-order valence-corrected chi connectivity index (χ1v) is 4.47. The minimum absolute atomic E-state index is 0.157. The van der Waals surface area contributed by atoms with E-state index in [9.17, 15) is 10.1 Å². The summed E-state index contributed by atoms with van der Waals surface area (Å²) in [5, 5.41) is 10.6. The molecular formula is C10H11NO2. The van der Waals surface area contributed by atoms with Crippen molar-refractivity contribution in [3.8, 4) is 0 Å². The summed E-state index contributed by atoms with van der Waals surface area (Å²) < 4.78 is 0. The molecule has 0 saturated carbocycles. The van der Waals surface area contributed by atoms with Crippen LogP contribution < -0.4 is 0 Å². The third kappa shape index (κ3) is 1.54. The topological polar surface area (TPSA) is 43.1 Å². The van der Waals surface area contributed by atoms with E-state index in [1.54, 1.807) is 0 Å². The van der Waals surface area contributed by atoms with Crippen LogP contribution in [0.15, 0.2) is 24.3 Å². The monoisotopic (exact) mass is 177 g/mol. The fraction of sp³-hybridized carbons (Fsp3) is 0.400. The van der Waals surface area contributed by atoms with Crippen LogP contribution in [-0.4, -0.2) is 11.0 Å². The molecule has 3 nitrogen and oxygen atoms in total. The summed E-state index contributed by atoms with van der Waals surface area (Å²) in [6, 6.07) is 7.62. The lowest BCUT2D eigenvalue weighted by Crippen LogP contribution is -2.27. The van der Waals surface area contributed by atoms with Gasteiger partial charge < -0.3 is 0 Å². The van der Waals surface area contributed by atoms with Gasteiger partial charge in [0.1, 0.15) is 0 Å². The average molecular weight is 177 g/mol. The van der Waals surface area contributed by atoms with Crippen LogP contribution in [-0.2, 0) is 12.8 Å². The molecule has 0 radical (unpaired) electrons. The van der Waals surface area contributed by atoms with Gasteiger partial charge in [-0.3, -0.25) is 10.1 Å². The predicted octanol–water partition coefficient (Wildman–Crippen LogP) is 1.82. The minimum atomic E-state index is -0.366. The van der Waals surface area contributed by atoms with Crippen LogP contribution in [0.4, 0.5) is 0 Å². The van der Waals surface area contributed by atoms with Gasteiger partial charge in [0, 0.05) is 17.8 Å². The molecule has 0 aliphatic heterocycles. The Balaban J connectivity index is 2.24. The Morgan fingerprint density at radius 2 is 2.00 bits per heavy atom. The number of nitro groups is 1. The molecule has 0 heterocycles. The van der Waals surface area contributed by atoms with Crippen LogP contribution in [0.25, 0.3) is 0 Å². The number of aryl methyl sites for hydroxylation is 1. The van der Waals surface area contributed by atoms with Crippen LogP contribution in [0.5, 0.6) is 0 Å². The molecule has 0 amide bonds. The first-order valence-electron chi connectivity index (χ1n) is 4.47. The maximum atomic E-state index is 10.6. The molecule has 0 spiro atoms. The zero-order valence-corrected chi connectivity index (χ0v) is 7.27. The molecule has 1 aromatic rings. The highest BCUT2D eigenvalue weighted by atomic mass is 16.6. The van der Waals surface area contributed by atoms with Crippen molar-refractivity contribution in [1.29, 1.82) is 0 Å². The maximum absolute atomic E-state index is 10.6. The Labute approximate surface area is 76.5 Å². The lowest BCUT2D eigenvalue weighted by molar-refractivity contribution is -0.523. The molecule has 0 aromatic heterocycles. The minimum Gasteiger partial charge on any atom is -0.264 e. The van der Waals surface area contributed by atoms with Crippen molar-refractivity contribution < 1.29 is 4.92 Å². The summed E-state index contributed by atoms with van der Waals surface area (Å²) >= 11 is 0. The Kier molecular flexibility index (Phi) is 2.00. The number of nitrogens with zero attached hydrogens (tertiary/aromatic N) is 1. The summed E-state index contributed by atoms with van der Waals surface area (Å²) in [5.41, 5.74) is 2.43. The van der Waals surface area contributed by atoms with E-state index >= 15 is 0 Å². The number of benzene rings is 1. The maximum Gasteiger partial charge on any atom is 0.217 e. The molecule has 0 fully saturated rings. The smallest absolute Gasteiger partial charge is 0.217 e. The van der Waals surface area contributed by atoms with Gasteiger partial charge in [-0.05, 0) is 17.5 Å². The third-order valence-electron chi connectivity index (χ3n) is 2.62. The summed E-state index contributed by atoms with van der Waals surface area (Å²) in [4.78, 5) is 10.4. The zero-order chi connectivity index (χ0) is 9.26. The van der Waals surface area contributed by atoms with Gasteiger partial charge in [0.2, 0.25) is 6.04 Å². The molecule has 68 valence electrons. The predicted molar refractivity (Wildman–Crippen MR) is 49.2 cm³/mol. The van der Waals surface area contributed by atoms with Crippen LogP contribution >= 0.6 is 0 Å². The summed E-state index contributed by atoms with van der Waals surface area (Å²) in [7, 11) is 0. The standard InChI is InChI=1S/C10H11NO2/c12-11(13)10-6-5-8-3-1-2-4-9(8)7-10/h1-4,10H,5-7H2/t10-/m0/s1. The molecule has 0 N–H and O–H groups in total. The molecular weight excluding hydrogens is 166 g/mol. The molecule has 1 atom stereocenters. The number of hydrogen-bond acceptors (Lipinski definition) is 2. The van der Waals surface area contributed by atoms with Crippen molar-refractivity contribution >= 4 is 0 Å². The van der Waals surface area contributed by atoms with E-state index in [1.165, 1.54) is 5.56 Å². The first-order chi connectivity index (χ1) is 6.27. The van der Waals surface area contributed by atoms with Crippen molar-refractivity contribution in [1.82, 2.24) is 0 Å². The molecule has 0 saturated heterocycles. The molecule has 3 heteroatoms. The van der Waals surface area contributed by atoms with Crippen molar-refractivity contribution in [2.24, 2.45) is 0 Å². The molecule has 1 aromatic carbocycles. The van der Waals surface area contributed by atoms with E-state index in [2.05, 4.69) is 6.07 Å². The quantitative estimate of drug-likeness (QED) is 0.485. The second kappa shape index (κ2) is 3.17. The Morgan fingerprint density at radius 3 is 2.69 bits per heavy atom. The summed E-state index contributed by atoms with van der Waals surface area (Å²) in [6.07, 6.45) is 2.13. The van der Waals surface area contributed by atoms with Gasteiger partial charge in [-0.15, -0.1) is 0 Å². The van der Waals surface area contributed by atoms with E-state index in [0.717, 1.165) is 12.0 Å². The van der Waals surface area contributed by atoms with Gasteiger partial charge in [-0.25, -0.2) is 0 Å². The van der Waals surface area contributed by atoms with E-state index in [1.807, 2.05) is 18.2 Å². The summed E-state index contributed by atoms with van der Waals surface area (Å²) in [6.45, 7) is 0. The molecule has 2 rings (SSSR count). The lowest BCUT2D eigenvalue weighted by atomic mass is 9.89. The number of hydrogen-bond donors (Lipinski definition) is 0. The van der Waals surface area contributed by atoms with Gasteiger partial charge >= 0.3 is 0 Å². The average Bonchev–Trinajstić information content (AvgIpc) is 2.17.